The van der Waals surface area contributed by atoms with Crippen molar-refractivity contribution in [2.75, 3.05) is 32.6 Å². The molecule has 0 fully saturated rings. The van der Waals surface area contributed by atoms with E-state index in [1.54, 1.807) is 0 Å². The lowest BCUT2D eigenvalue weighted by Crippen LogP contribution is -2.31. The van der Waals surface area contributed by atoms with E-state index >= 15 is 0 Å². The fourth-order valence-electron chi connectivity index (χ4n) is 3.19. The molecule has 0 spiro atoms. The Bertz CT molecular complexity index is 1410. The van der Waals surface area contributed by atoms with Crippen LogP contribution in [0.1, 0.15) is 10.4 Å². The van der Waals surface area contributed by atoms with Crippen LogP contribution in [0.2, 0.25) is 0 Å². The maximum Gasteiger partial charge on any atom is 0.286 e. The van der Waals surface area contributed by atoms with E-state index in [0.717, 1.165) is 17.4 Å². The quantitative estimate of drug-likeness (QED) is 0.229. The summed E-state index contributed by atoms with van der Waals surface area (Å²) in [6, 6.07) is 6.70. The van der Waals surface area contributed by atoms with Crippen LogP contribution >= 0.6 is 11.3 Å². The lowest BCUT2D eigenvalue weighted by atomic mass is 10.1. The van der Waals surface area contributed by atoms with Gasteiger partial charge in [-0.05, 0) is 18.2 Å². The minimum absolute atomic E-state index is 0.0470. The number of hydrogen-bond acceptors (Lipinski definition) is 9. The van der Waals surface area contributed by atoms with Crippen LogP contribution in [0, 0.1) is 10.1 Å². The molecule has 1 aromatic heterocycles. The molecule has 0 bridgehead atoms. The van der Waals surface area contributed by atoms with Gasteiger partial charge in [-0.2, -0.15) is 4.31 Å². The van der Waals surface area contributed by atoms with Gasteiger partial charge in [0, 0.05) is 19.2 Å². The van der Waals surface area contributed by atoms with Crippen molar-refractivity contribution in [2.24, 2.45) is 0 Å². The van der Waals surface area contributed by atoms with Gasteiger partial charge in [0.1, 0.15) is 5.56 Å². The molecule has 0 atom stereocenters. The van der Waals surface area contributed by atoms with Crippen LogP contribution in [0.5, 0.6) is 11.5 Å². The highest BCUT2D eigenvalue weighted by Crippen LogP contribution is 2.35. The second kappa shape index (κ2) is 10.6. The number of aromatic nitrogens is 1. The summed E-state index contributed by atoms with van der Waals surface area (Å²) in [4.78, 5) is 28.0. The molecule has 0 aliphatic rings. The Morgan fingerprint density at radius 2 is 1.80 bits per heavy atom. The van der Waals surface area contributed by atoms with Gasteiger partial charge in [0.15, 0.2) is 16.6 Å². The SMILES string of the molecule is C=CCN(CC=C)S(=O)(=O)c1ccc2nc(NC(=O)c3cc(OC)c(OC)cc3[N+](=O)[O-])sc2c1. The number of nitrogens with one attached hydrogen (secondary N) is 1. The first-order valence-corrected chi connectivity index (χ1v) is 12.3. The van der Waals surface area contributed by atoms with Gasteiger partial charge >= 0.3 is 0 Å². The van der Waals surface area contributed by atoms with E-state index in [9.17, 15) is 23.3 Å². The van der Waals surface area contributed by atoms with E-state index in [0.29, 0.717) is 10.2 Å². The fraction of sp³-hybridized carbons (Fsp3) is 0.182. The Labute approximate surface area is 205 Å². The number of ether oxygens (including phenoxy) is 2. The molecule has 1 heterocycles. The van der Waals surface area contributed by atoms with Gasteiger partial charge in [-0.25, -0.2) is 13.4 Å². The summed E-state index contributed by atoms with van der Waals surface area (Å²) in [5.74, 6) is -0.537. The summed E-state index contributed by atoms with van der Waals surface area (Å²) in [7, 11) is -1.15. The fourth-order valence-corrected chi connectivity index (χ4v) is 5.58. The van der Waals surface area contributed by atoms with Gasteiger partial charge in [0.2, 0.25) is 10.0 Å². The monoisotopic (exact) mass is 518 g/mol. The number of rotatable bonds is 11. The van der Waals surface area contributed by atoms with Crippen molar-refractivity contribution < 1.29 is 27.6 Å². The van der Waals surface area contributed by atoms with Crippen LogP contribution in [-0.4, -0.2) is 55.8 Å². The van der Waals surface area contributed by atoms with E-state index < -0.39 is 26.5 Å². The smallest absolute Gasteiger partial charge is 0.286 e. The predicted molar refractivity (Wildman–Crippen MR) is 133 cm³/mol. The lowest BCUT2D eigenvalue weighted by molar-refractivity contribution is -0.385. The number of hydrogen-bond donors (Lipinski definition) is 1. The number of nitrogens with zero attached hydrogens (tertiary/aromatic N) is 3. The molecular formula is C22H22N4O7S2. The van der Waals surface area contributed by atoms with E-state index in [4.69, 9.17) is 9.47 Å². The highest BCUT2D eigenvalue weighted by molar-refractivity contribution is 7.89. The number of benzene rings is 2. The zero-order valence-corrected chi connectivity index (χ0v) is 20.5. The van der Waals surface area contributed by atoms with Crippen LogP contribution in [0.15, 0.2) is 60.5 Å². The van der Waals surface area contributed by atoms with Gasteiger partial charge in [0.25, 0.3) is 11.6 Å². The minimum atomic E-state index is -3.82. The Morgan fingerprint density at radius 3 is 2.37 bits per heavy atom. The first kappa shape index (κ1) is 25.8. The number of anilines is 1. The molecule has 3 aromatic rings. The molecule has 3 rings (SSSR count). The Balaban J connectivity index is 1.95. The molecule has 184 valence electrons. The second-order valence-corrected chi connectivity index (χ2v) is 9.95. The molecule has 0 aliphatic carbocycles. The van der Waals surface area contributed by atoms with Crippen LogP contribution in [0.25, 0.3) is 10.2 Å². The third-order valence-corrected chi connectivity index (χ3v) is 7.59. The van der Waals surface area contributed by atoms with Crippen LogP contribution in [-0.2, 0) is 10.0 Å². The topological polar surface area (TPSA) is 141 Å². The third kappa shape index (κ3) is 5.31. The highest BCUT2D eigenvalue weighted by atomic mass is 32.2. The van der Waals surface area contributed by atoms with Crippen LogP contribution in [0.3, 0.4) is 0 Å². The summed E-state index contributed by atoms with van der Waals surface area (Å²) in [6.07, 6.45) is 2.96. The number of carbonyl (C=O) groups excluding carboxylic acids is 1. The summed E-state index contributed by atoms with van der Waals surface area (Å²) >= 11 is 1.03. The van der Waals surface area contributed by atoms with Crippen molar-refractivity contribution in [3.63, 3.8) is 0 Å². The van der Waals surface area contributed by atoms with E-state index in [1.165, 1.54) is 54.9 Å². The molecule has 13 heteroatoms. The number of nitro benzene ring substituents is 1. The average molecular weight is 519 g/mol. The molecule has 11 nitrogen and oxygen atoms in total. The number of nitro groups is 1. The predicted octanol–water partition coefficient (Wildman–Crippen LogP) is 3.84. The highest BCUT2D eigenvalue weighted by Gasteiger charge is 2.26. The first-order chi connectivity index (χ1) is 16.7. The van der Waals surface area contributed by atoms with Gasteiger partial charge in [-0.15, -0.1) is 13.2 Å². The number of thiazole rings is 1. The molecule has 0 saturated heterocycles. The van der Waals surface area contributed by atoms with Crippen LogP contribution < -0.4 is 14.8 Å². The molecular weight excluding hydrogens is 496 g/mol. The van der Waals surface area contributed by atoms with Crippen molar-refractivity contribution in [2.45, 2.75) is 4.90 Å². The van der Waals surface area contributed by atoms with Crippen LogP contribution in [0.4, 0.5) is 10.8 Å². The summed E-state index contributed by atoms with van der Waals surface area (Å²) in [6.45, 7) is 7.40. The number of fused-ring (bicyclic) bond motifs is 1. The van der Waals surface area contributed by atoms with Crippen molar-refractivity contribution in [3.05, 3.63) is 71.3 Å². The average Bonchev–Trinajstić information content (AvgIpc) is 3.24. The molecule has 35 heavy (non-hydrogen) atoms. The molecule has 0 saturated carbocycles. The number of methoxy groups -OCH3 is 2. The summed E-state index contributed by atoms with van der Waals surface area (Å²) < 4.78 is 37.9. The Morgan fingerprint density at radius 1 is 1.17 bits per heavy atom. The lowest BCUT2D eigenvalue weighted by Gasteiger charge is -2.18. The summed E-state index contributed by atoms with van der Waals surface area (Å²) in [5.41, 5.74) is -0.274. The zero-order chi connectivity index (χ0) is 25.8. The minimum Gasteiger partial charge on any atom is -0.493 e. The van der Waals surface area contributed by atoms with Gasteiger partial charge in [-0.1, -0.05) is 23.5 Å². The van der Waals surface area contributed by atoms with Gasteiger partial charge < -0.3 is 9.47 Å². The van der Waals surface area contributed by atoms with E-state index in [1.807, 2.05) is 0 Å². The van der Waals surface area contributed by atoms with E-state index in [-0.39, 0.29) is 40.2 Å². The molecule has 0 radical (unpaired) electrons. The van der Waals surface area contributed by atoms with Crippen molar-refractivity contribution in [3.8, 4) is 11.5 Å². The van der Waals surface area contributed by atoms with Crippen molar-refractivity contribution in [1.29, 1.82) is 0 Å². The number of carbonyl (C=O) groups is 1. The Kier molecular flexibility index (Phi) is 7.84. The third-order valence-electron chi connectivity index (χ3n) is 4.83. The largest absolute Gasteiger partial charge is 0.493 e. The number of sulfonamides is 1. The van der Waals surface area contributed by atoms with Gasteiger partial charge in [-0.3, -0.25) is 20.2 Å². The van der Waals surface area contributed by atoms with Crippen molar-refractivity contribution in [1.82, 2.24) is 9.29 Å². The molecule has 2 aromatic carbocycles. The maximum absolute atomic E-state index is 13.0. The van der Waals surface area contributed by atoms with E-state index in [2.05, 4.69) is 23.5 Å². The Hall–Kier alpha value is -3.81. The number of amides is 1. The standard InChI is InChI=1S/C22H22N4O7S2/c1-5-9-25(10-6-2)35(30,31)14-7-8-16-20(11-14)34-22(23-16)24-21(27)15-12-18(32-3)19(33-4)13-17(15)26(28)29/h5-8,11-13H,1-2,9-10H2,3-4H3,(H,23,24,27). The molecule has 0 aliphatic heterocycles. The summed E-state index contributed by atoms with van der Waals surface area (Å²) in [5, 5.41) is 14.2. The zero-order valence-electron chi connectivity index (χ0n) is 18.9. The van der Waals surface area contributed by atoms with Crippen molar-refractivity contribution >= 4 is 48.3 Å². The van der Waals surface area contributed by atoms with Gasteiger partial charge in [0.05, 0.1) is 40.3 Å². The second-order valence-electron chi connectivity index (χ2n) is 6.98. The maximum atomic E-state index is 13.0. The molecule has 1 amide bonds. The molecule has 0 unspecified atom stereocenters. The normalized spacial score (nSPS) is 11.3. The molecule has 1 N–H and O–H groups in total. The first-order valence-electron chi connectivity index (χ1n) is 10.0.